The van der Waals surface area contributed by atoms with Crippen LogP contribution in [0, 0.1) is 12.8 Å². The number of carboxylic acids is 1. The lowest BCUT2D eigenvalue weighted by Crippen LogP contribution is -2.39. The lowest BCUT2D eigenvalue weighted by molar-refractivity contribution is -0.140. The minimum Gasteiger partial charge on any atom is -0.481 e. The Labute approximate surface area is 188 Å². The van der Waals surface area contributed by atoms with Crippen molar-refractivity contribution >= 4 is 5.97 Å². The molecular formula is C24H25F6NO2. The Kier molecular flexibility index (Phi) is 7.12. The number of hydrogen-bond donors (Lipinski definition) is 1. The first kappa shape index (κ1) is 25.1. The van der Waals surface area contributed by atoms with E-state index in [4.69, 9.17) is 0 Å². The molecule has 1 heterocycles. The highest BCUT2D eigenvalue weighted by molar-refractivity contribution is 5.67. The first-order valence-electron chi connectivity index (χ1n) is 10.6. The van der Waals surface area contributed by atoms with Crippen LogP contribution in [-0.2, 0) is 17.1 Å². The van der Waals surface area contributed by atoms with Crippen molar-refractivity contribution in [2.24, 2.45) is 5.92 Å². The summed E-state index contributed by atoms with van der Waals surface area (Å²) in [6.07, 6.45) is -8.36. The molecule has 1 fully saturated rings. The molecular weight excluding hydrogens is 448 g/mol. The summed E-state index contributed by atoms with van der Waals surface area (Å²) >= 11 is 0. The van der Waals surface area contributed by atoms with Gasteiger partial charge in [0.05, 0.1) is 11.1 Å². The van der Waals surface area contributed by atoms with Crippen molar-refractivity contribution < 1.29 is 36.2 Å². The van der Waals surface area contributed by atoms with Gasteiger partial charge < -0.3 is 5.11 Å². The molecule has 0 aromatic heterocycles. The molecule has 3 rings (SSSR count). The standard InChI is InChI=1S/C24H25F6NO2/c1-14-3-8-20(24(28,29)30)19(11-14)15(2)31-10-9-16(13-22(32)33)12-21(31)17-4-6-18(7-5-17)23(25,26)27/h3-8,11,15-16,21H,9-10,12-13H2,1-2H3,(H,32,33)/t15?,16-,21+/m1/s1. The van der Waals surface area contributed by atoms with Gasteiger partial charge in [0, 0.05) is 18.5 Å². The van der Waals surface area contributed by atoms with Gasteiger partial charge in [-0.2, -0.15) is 26.3 Å². The minimum atomic E-state index is -4.55. The van der Waals surface area contributed by atoms with Gasteiger partial charge in [0.15, 0.2) is 0 Å². The number of hydrogen-bond acceptors (Lipinski definition) is 2. The molecule has 180 valence electrons. The number of likely N-dealkylation sites (tertiary alicyclic amines) is 1. The van der Waals surface area contributed by atoms with E-state index in [9.17, 15) is 36.2 Å². The van der Waals surface area contributed by atoms with Crippen LogP contribution in [0.25, 0.3) is 0 Å². The summed E-state index contributed by atoms with van der Waals surface area (Å²) in [4.78, 5) is 13.1. The number of rotatable bonds is 5. The number of carbonyl (C=O) groups is 1. The van der Waals surface area contributed by atoms with Gasteiger partial charge in [0.25, 0.3) is 0 Å². The van der Waals surface area contributed by atoms with E-state index in [0.29, 0.717) is 30.5 Å². The Balaban J connectivity index is 2.00. The molecule has 0 aliphatic carbocycles. The van der Waals surface area contributed by atoms with Gasteiger partial charge in [-0.05, 0) is 68.5 Å². The smallest absolute Gasteiger partial charge is 0.416 e. The van der Waals surface area contributed by atoms with Gasteiger partial charge >= 0.3 is 18.3 Å². The molecule has 1 aliphatic heterocycles. The molecule has 2 aromatic carbocycles. The van der Waals surface area contributed by atoms with Crippen LogP contribution in [0.4, 0.5) is 26.3 Å². The summed E-state index contributed by atoms with van der Waals surface area (Å²) in [5, 5.41) is 9.19. The largest absolute Gasteiger partial charge is 0.481 e. The second-order valence-corrected chi connectivity index (χ2v) is 8.63. The van der Waals surface area contributed by atoms with E-state index in [-0.39, 0.29) is 17.9 Å². The van der Waals surface area contributed by atoms with E-state index >= 15 is 0 Å². The van der Waals surface area contributed by atoms with Crippen molar-refractivity contribution in [2.45, 2.75) is 57.5 Å². The lowest BCUT2D eigenvalue weighted by atomic mass is 9.83. The Morgan fingerprint density at radius 1 is 1.06 bits per heavy atom. The summed E-state index contributed by atoms with van der Waals surface area (Å²) in [6.45, 7) is 3.68. The number of benzene rings is 2. The predicted octanol–water partition coefficient (Wildman–Crippen LogP) is 7.02. The maximum atomic E-state index is 13.7. The topological polar surface area (TPSA) is 40.5 Å². The van der Waals surface area contributed by atoms with Gasteiger partial charge in [0.2, 0.25) is 0 Å². The molecule has 33 heavy (non-hydrogen) atoms. The molecule has 0 saturated carbocycles. The third-order valence-electron chi connectivity index (χ3n) is 6.30. The van der Waals surface area contributed by atoms with E-state index in [1.165, 1.54) is 24.3 Å². The molecule has 3 atom stereocenters. The number of piperidine rings is 1. The molecule has 0 amide bonds. The third kappa shape index (κ3) is 5.88. The number of carboxylic acid groups (broad SMARTS) is 1. The maximum absolute atomic E-state index is 13.7. The fourth-order valence-corrected chi connectivity index (χ4v) is 4.64. The summed E-state index contributed by atoms with van der Waals surface area (Å²) in [6, 6.07) is 7.30. The van der Waals surface area contributed by atoms with Gasteiger partial charge in [-0.15, -0.1) is 0 Å². The van der Waals surface area contributed by atoms with Crippen LogP contribution in [0.2, 0.25) is 0 Å². The average Bonchev–Trinajstić information content (AvgIpc) is 2.71. The zero-order valence-electron chi connectivity index (χ0n) is 18.2. The fraction of sp³-hybridized carbons (Fsp3) is 0.458. The zero-order valence-corrected chi connectivity index (χ0v) is 18.2. The van der Waals surface area contributed by atoms with Gasteiger partial charge in [-0.3, -0.25) is 9.69 Å². The predicted molar refractivity (Wildman–Crippen MR) is 110 cm³/mol. The zero-order chi connectivity index (χ0) is 24.6. The van der Waals surface area contributed by atoms with Gasteiger partial charge in [0.1, 0.15) is 0 Å². The highest BCUT2D eigenvalue weighted by Crippen LogP contribution is 2.44. The van der Waals surface area contributed by atoms with Crippen molar-refractivity contribution in [2.75, 3.05) is 6.54 Å². The fourth-order valence-electron chi connectivity index (χ4n) is 4.64. The molecule has 0 radical (unpaired) electrons. The third-order valence-corrected chi connectivity index (χ3v) is 6.30. The summed E-state index contributed by atoms with van der Waals surface area (Å²) in [5.41, 5.74) is -0.292. The first-order valence-corrected chi connectivity index (χ1v) is 10.6. The van der Waals surface area contributed by atoms with Crippen LogP contribution < -0.4 is 0 Å². The monoisotopic (exact) mass is 473 g/mol. The normalized spacial score (nSPS) is 21.1. The maximum Gasteiger partial charge on any atom is 0.416 e. The van der Waals surface area contributed by atoms with Crippen LogP contribution in [0.1, 0.15) is 66.1 Å². The quantitative estimate of drug-likeness (QED) is 0.475. The molecule has 1 saturated heterocycles. The van der Waals surface area contributed by atoms with E-state index in [1.807, 2.05) is 4.90 Å². The summed E-state index contributed by atoms with van der Waals surface area (Å²) < 4.78 is 80.1. The van der Waals surface area contributed by atoms with Crippen LogP contribution in [0.5, 0.6) is 0 Å². The molecule has 3 nitrogen and oxygen atoms in total. The molecule has 0 bridgehead atoms. The van der Waals surface area contributed by atoms with E-state index in [0.717, 1.165) is 18.2 Å². The summed E-state index contributed by atoms with van der Waals surface area (Å²) in [5.74, 6) is -1.21. The molecule has 2 aromatic rings. The van der Waals surface area contributed by atoms with Crippen molar-refractivity contribution in [1.29, 1.82) is 0 Å². The highest BCUT2D eigenvalue weighted by Gasteiger charge is 2.39. The minimum absolute atomic E-state index is 0.0936. The second kappa shape index (κ2) is 9.37. The SMILES string of the molecule is Cc1ccc(C(F)(F)F)c(C(C)N2CC[C@@H](CC(=O)O)C[C@H]2c2ccc(C(F)(F)F)cc2)c1. The summed E-state index contributed by atoms with van der Waals surface area (Å²) in [7, 11) is 0. The highest BCUT2D eigenvalue weighted by atomic mass is 19.4. The van der Waals surface area contributed by atoms with Gasteiger partial charge in [-0.1, -0.05) is 29.8 Å². The van der Waals surface area contributed by atoms with Crippen LogP contribution >= 0.6 is 0 Å². The van der Waals surface area contributed by atoms with Crippen molar-refractivity contribution in [3.63, 3.8) is 0 Å². The van der Waals surface area contributed by atoms with Crippen molar-refractivity contribution in [3.05, 3.63) is 70.3 Å². The number of alkyl halides is 6. The first-order chi connectivity index (χ1) is 15.3. The Bertz CT molecular complexity index is 984. The van der Waals surface area contributed by atoms with E-state index in [2.05, 4.69) is 0 Å². The lowest BCUT2D eigenvalue weighted by Gasteiger charge is -2.43. The molecule has 9 heteroatoms. The molecule has 1 unspecified atom stereocenters. The van der Waals surface area contributed by atoms with Crippen LogP contribution in [0.15, 0.2) is 42.5 Å². The van der Waals surface area contributed by atoms with Crippen molar-refractivity contribution in [1.82, 2.24) is 4.90 Å². The van der Waals surface area contributed by atoms with Crippen molar-refractivity contribution in [3.8, 4) is 0 Å². The number of aliphatic carboxylic acids is 1. The number of aryl methyl sites for hydroxylation is 1. The molecule has 0 spiro atoms. The Morgan fingerprint density at radius 2 is 1.70 bits per heavy atom. The average molecular weight is 473 g/mol. The van der Waals surface area contributed by atoms with Gasteiger partial charge in [-0.25, -0.2) is 0 Å². The van der Waals surface area contributed by atoms with E-state index in [1.54, 1.807) is 13.8 Å². The van der Waals surface area contributed by atoms with Crippen LogP contribution in [-0.4, -0.2) is 22.5 Å². The number of nitrogens with zero attached hydrogens (tertiary/aromatic N) is 1. The number of halogens is 6. The van der Waals surface area contributed by atoms with Crippen LogP contribution in [0.3, 0.4) is 0 Å². The van der Waals surface area contributed by atoms with E-state index < -0.39 is 41.5 Å². The second-order valence-electron chi connectivity index (χ2n) is 8.63. The Hall–Kier alpha value is -2.55. The molecule has 1 aliphatic rings. The molecule has 1 N–H and O–H groups in total. The Morgan fingerprint density at radius 3 is 2.24 bits per heavy atom.